The van der Waals surface area contributed by atoms with E-state index in [1.165, 1.54) is 148 Å². The van der Waals surface area contributed by atoms with Crippen LogP contribution in [0.1, 0.15) is 36.1 Å². The highest BCUT2D eigenvalue weighted by atomic mass is 15.2. The minimum absolute atomic E-state index is 0.256. The third-order valence-electron chi connectivity index (χ3n) is 20.0. The normalized spacial score (nSPS) is 13.4. The fraction of sp³-hybridized carbons (Fsp3) is 0.0465. The molecule has 0 unspecified atom stereocenters. The molecule has 0 fully saturated rings. The third kappa shape index (κ3) is 7.49. The second kappa shape index (κ2) is 19.3. The highest BCUT2D eigenvalue weighted by molar-refractivity contribution is 6.29. The van der Waals surface area contributed by atoms with Crippen molar-refractivity contribution in [3.63, 3.8) is 0 Å². The van der Waals surface area contributed by atoms with Gasteiger partial charge in [0.25, 0.3) is 0 Å². The number of para-hydroxylation sites is 2. The second-order valence-corrected chi connectivity index (χ2v) is 25.2. The first kappa shape index (κ1) is 50.7. The first-order valence-electron chi connectivity index (χ1n) is 31.4. The monoisotopic (exact) mass is 1150 g/mol. The van der Waals surface area contributed by atoms with E-state index in [0.29, 0.717) is 0 Å². The Hall–Kier alpha value is -11.5. The van der Waals surface area contributed by atoms with Crippen LogP contribution >= 0.6 is 0 Å². The summed E-state index contributed by atoms with van der Waals surface area (Å²) in [6.07, 6.45) is 0.787. The maximum absolute atomic E-state index is 2.58. The summed E-state index contributed by atoms with van der Waals surface area (Å²) in [5.74, 6) is 0. The zero-order valence-corrected chi connectivity index (χ0v) is 49.9. The van der Waals surface area contributed by atoms with Gasteiger partial charge in [0.1, 0.15) is 0 Å². The molecule has 0 saturated heterocycles. The maximum atomic E-state index is 2.58. The quantitative estimate of drug-likeness (QED) is 0.154. The smallest absolute Gasteiger partial charge is 0.0562 e. The number of rotatable bonds is 6. The van der Waals surface area contributed by atoms with Gasteiger partial charge in [-0.2, -0.15) is 0 Å². The van der Waals surface area contributed by atoms with E-state index >= 15 is 0 Å². The second-order valence-electron chi connectivity index (χ2n) is 25.2. The van der Waals surface area contributed by atoms with E-state index in [-0.39, 0.29) is 5.41 Å². The molecule has 0 spiro atoms. The summed E-state index contributed by atoms with van der Waals surface area (Å²) in [4.78, 5) is 5.06. The number of hydrogen-bond donors (Lipinski definition) is 0. The molecule has 2 aliphatic rings. The number of fused-ring (bicyclic) bond motifs is 17. The van der Waals surface area contributed by atoms with Crippen molar-refractivity contribution in [2.75, 3.05) is 9.80 Å². The Kier molecular flexibility index (Phi) is 10.8. The van der Waals surface area contributed by atoms with Gasteiger partial charge in [0, 0.05) is 56.1 Å². The van der Waals surface area contributed by atoms with E-state index in [2.05, 4.69) is 336 Å². The minimum Gasteiger partial charge on any atom is -0.310 e. The Morgan fingerprint density at radius 1 is 0.244 bits per heavy atom. The lowest BCUT2D eigenvalue weighted by molar-refractivity contribution is 0.631. The van der Waals surface area contributed by atoms with Gasteiger partial charge in [-0.15, -0.1) is 0 Å². The average Bonchev–Trinajstić information content (AvgIpc) is 1.38. The summed E-state index contributed by atoms with van der Waals surface area (Å²) in [7, 11) is 0. The first-order valence-corrected chi connectivity index (χ1v) is 31.4. The molecule has 4 heteroatoms. The molecular formula is C86H58N4. The molecule has 2 aromatic heterocycles. The van der Waals surface area contributed by atoms with Crippen molar-refractivity contribution in [3.8, 4) is 33.6 Å². The van der Waals surface area contributed by atoms with Gasteiger partial charge in [-0.05, 0) is 197 Å². The van der Waals surface area contributed by atoms with Crippen LogP contribution < -0.4 is 9.80 Å². The highest BCUT2D eigenvalue weighted by Crippen LogP contribution is 2.54. The summed E-state index contributed by atoms with van der Waals surface area (Å²) < 4.78 is 5.07. The van der Waals surface area contributed by atoms with Crippen LogP contribution in [0.3, 0.4) is 0 Å². The van der Waals surface area contributed by atoms with Gasteiger partial charge in [-0.3, -0.25) is 0 Å². The molecule has 4 nitrogen and oxygen atoms in total. The van der Waals surface area contributed by atoms with E-state index in [1.807, 2.05) is 0 Å². The van der Waals surface area contributed by atoms with Gasteiger partial charge in [0.2, 0.25) is 0 Å². The molecule has 0 N–H and O–H groups in total. The number of benzene rings is 15. The van der Waals surface area contributed by atoms with Gasteiger partial charge < -0.3 is 18.9 Å². The number of anilines is 6. The molecule has 15 aromatic carbocycles. The Balaban J connectivity index is 0.879. The molecule has 0 radical (unpaired) electrons. The Morgan fingerprint density at radius 3 is 1.39 bits per heavy atom. The van der Waals surface area contributed by atoms with Crippen LogP contribution in [0.2, 0.25) is 0 Å². The van der Waals surface area contributed by atoms with Crippen molar-refractivity contribution in [2.24, 2.45) is 0 Å². The molecule has 0 bridgehead atoms. The third-order valence-corrected chi connectivity index (χ3v) is 20.0. The zero-order valence-electron chi connectivity index (χ0n) is 49.9. The topological polar surface area (TPSA) is 16.3 Å². The molecule has 0 saturated carbocycles. The van der Waals surface area contributed by atoms with Crippen LogP contribution in [0.5, 0.6) is 0 Å². The molecule has 0 amide bonds. The van der Waals surface area contributed by atoms with E-state index in [1.54, 1.807) is 0 Å². The molecule has 19 rings (SSSR count). The van der Waals surface area contributed by atoms with E-state index in [9.17, 15) is 0 Å². The predicted molar refractivity (Wildman–Crippen MR) is 380 cm³/mol. The van der Waals surface area contributed by atoms with Gasteiger partial charge in [0.15, 0.2) is 0 Å². The zero-order chi connectivity index (χ0) is 59.3. The lowest BCUT2D eigenvalue weighted by atomic mass is 9.73. The van der Waals surface area contributed by atoms with Crippen LogP contribution in [-0.2, 0) is 11.8 Å². The van der Waals surface area contributed by atoms with Crippen LogP contribution in [0.25, 0.3) is 120 Å². The van der Waals surface area contributed by atoms with Gasteiger partial charge in [-0.1, -0.05) is 208 Å². The maximum Gasteiger partial charge on any atom is 0.0562 e. The van der Waals surface area contributed by atoms with Gasteiger partial charge in [0.05, 0.1) is 44.8 Å². The fourth-order valence-electron chi connectivity index (χ4n) is 15.8. The van der Waals surface area contributed by atoms with Crippen LogP contribution in [0.4, 0.5) is 34.1 Å². The standard InChI is InChI=1S/C86H58N4/c1-86(2)76-35-18-19-36-80(76)87(62-27-10-5-11-28-62)85-50-65(39-40-77(85)86)90-83-52-71-69-34-17-15-32-67(69)66-31-14-16-33-68(66)70(71)51-75(83)74-47-61-44-60-43-56-25-12-13-26-57(56)48-81(60)89(82(61)53-84(74)90)64-30-20-29-63(49-64)88-78-41-37-58(54-21-6-3-7-22-54)45-72(78)73-46-59(38-42-79(73)88)55-23-8-4-9-24-55/h3-43,45-53H,44H2,1-2H3. The molecular weight excluding hydrogens is 1090 g/mol. The lowest BCUT2D eigenvalue weighted by Crippen LogP contribution is -2.30. The average molecular weight is 1150 g/mol. The summed E-state index contributed by atoms with van der Waals surface area (Å²) in [6.45, 7) is 4.77. The minimum atomic E-state index is -0.256. The number of hydrogen-bond acceptors (Lipinski definition) is 2. The van der Waals surface area contributed by atoms with Crippen LogP contribution in [0.15, 0.2) is 303 Å². The number of nitrogens with zero attached hydrogens (tertiary/aromatic N) is 4. The Labute approximate surface area is 521 Å². The largest absolute Gasteiger partial charge is 0.310 e. The predicted octanol–water partition coefficient (Wildman–Crippen LogP) is 23.3. The van der Waals surface area contributed by atoms with Crippen molar-refractivity contribution in [1.82, 2.24) is 9.13 Å². The molecule has 422 valence electrons. The Morgan fingerprint density at radius 2 is 0.711 bits per heavy atom. The van der Waals surface area contributed by atoms with Gasteiger partial charge in [-0.25, -0.2) is 0 Å². The van der Waals surface area contributed by atoms with Crippen LogP contribution in [-0.4, -0.2) is 9.13 Å². The number of aromatic nitrogens is 2. The van der Waals surface area contributed by atoms with E-state index < -0.39 is 0 Å². The summed E-state index contributed by atoms with van der Waals surface area (Å²) in [6, 6.07) is 114. The van der Waals surface area contributed by atoms with E-state index in [0.717, 1.165) is 34.7 Å². The van der Waals surface area contributed by atoms with Crippen molar-refractivity contribution >= 4 is 121 Å². The summed E-state index contributed by atoms with van der Waals surface area (Å²) in [5, 5.41) is 15.0. The van der Waals surface area contributed by atoms with Crippen molar-refractivity contribution < 1.29 is 0 Å². The van der Waals surface area contributed by atoms with E-state index in [4.69, 9.17) is 0 Å². The molecule has 17 aromatic rings. The summed E-state index contributed by atoms with van der Waals surface area (Å²) in [5.41, 5.74) is 23.6. The molecule has 90 heavy (non-hydrogen) atoms. The molecule has 2 aliphatic heterocycles. The summed E-state index contributed by atoms with van der Waals surface area (Å²) >= 11 is 0. The fourth-order valence-corrected chi connectivity index (χ4v) is 15.8. The van der Waals surface area contributed by atoms with Crippen molar-refractivity contribution in [1.29, 1.82) is 0 Å². The molecule has 4 heterocycles. The molecule has 0 aliphatic carbocycles. The van der Waals surface area contributed by atoms with Gasteiger partial charge >= 0.3 is 0 Å². The first-order chi connectivity index (χ1) is 44.4. The highest BCUT2D eigenvalue weighted by Gasteiger charge is 2.38. The Bertz CT molecular complexity index is 5760. The van der Waals surface area contributed by atoms with Crippen LogP contribution in [0, 0.1) is 0 Å². The SMILES string of the molecule is CC1(C)c2ccccc2N(c2ccccc2)c2cc(-n3c4cc5c(cc4c4cc6c7ccccc7c7ccccc7c6cc43)Cc3cc4ccccc4cc3N5c3cccc(-n4c5ccc(-c6ccccc6)cc5c5cc(-c6ccccc6)ccc54)c3)ccc21. The lowest BCUT2D eigenvalue weighted by Gasteiger charge is -2.42. The van der Waals surface area contributed by atoms with Crippen molar-refractivity contribution in [2.45, 2.75) is 25.7 Å². The molecule has 0 atom stereocenters. The van der Waals surface area contributed by atoms with Crippen molar-refractivity contribution in [3.05, 3.63) is 326 Å².